The smallest absolute Gasteiger partial charge is 0.0408 e. The van der Waals surface area contributed by atoms with Crippen molar-refractivity contribution in [3.63, 3.8) is 0 Å². The number of rotatable bonds is 0. The van der Waals surface area contributed by atoms with Gasteiger partial charge in [-0.1, -0.05) is 17.7 Å². The third kappa shape index (κ3) is 1.42. The second kappa shape index (κ2) is 3.43. The lowest BCUT2D eigenvalue weighted by Crippen LogP contribution is -1.92. The molecule has 0 fully saturated rings. The van der Waals surface area contributed by atoms with Crippen LogP contribution in [0.3, 0.4) is 0 Å². The van der Waals surface area contributed by atoms with Gasteiger partial charge in [-0.05, 0) is 61.1 Å². The summed E-state index contributed by atoms with van der Waals surface area (Å²) in [5.41, 5.74) is 11.0. The van der Waals surface area contributed by atoms with Crippen LogP contribution < -0.4 is 0 Å². The van der Waals surface area contributed by atoms with Crippen LogP contribution in [0.15, 0.2) is 18.3 Å². The van der Waals surface area contributed by atoms with Crippen LogP contribution in [-0.4, -0.2) is 4.98 Å². The second-order valence-corrected chi connectivity index (χ2v) is 5.15. The van der Waals surface area contributed by atoms with Crippen molar-refractivity contribution in [3.05, 3.63) is 51.8 Å². The number of aryl methyl sites for hydroxylation is 3. The zero-order chi connectivity index (χ0) is 12.2. The van der Waals surface area contributed by atoms with Gasteiger partial charge in [-0.25, -0.2) is 0 Å². The van der Waals surface area contributed by atoms with Crippen LogP contribution in [0.2, 0.25) is 0 Å². The minimum absolute atomic E-state index is 1.05. The Bertz CT molecular complexity index is 624. The minimum Gasteiger partial charge on any atom is -0.261 e. The number of nitrogens with zero attached hydrogens (tertiary/aromatic N) is 1. The predicted molar refractivity (Wildman–Crippen MR) is 71.4 cm³/mol. The Morgan fingerprint density at radius 3 is 2.59 bits per heavy atom. The molecule has 1 aliphatic carbocycles. The molecular weight excluding hydrogens is 206 g/mol. The molecule has 0 radical (unpaired) electrons. The third-order valence-corrected chi connectivity index (χ3v) is 3.91. The molecule has 1 aliphatic rings. The molecule has 1 heteroatoms. The molecule has 0 atom stereocenters. The fourth-order valence-corrected chi connectivity index (χ4v) is 2.91. The lowest BCUT2D eigenvalue weighted by molar-refractivity contribution is 1.11. The van der Waals surface area contributed by atoms with E-state index in [1.165, 1.54) is 38.9 Å². The highest BCUT2D eigenvalue weighted by Crippen LogP contribution is 2.41. The van der Waals surface area contributed by atoms with Gasteiger partial charge in [0.05, 0.1) is 0 Å². The first-order chi connectivity index (χ1) is 8.08. The minimum atomic E-state index is 1.05. The number of hydrogen-bond donors (Lipinski definition) is 0. The Labute approximate surface area is 103 Å². The fraction of sp³-hybridized carbons (Fsp3) is 0.312. The number of aromatic nitrogens is 1. The average molecular weight is 223 g/mol. The van der Waals surface area contributed by atoms with E-state index in [-0.39, 0.29) is 0 Å². The van der Waals surface area contributed by atoms with Crippen LogP contribution in [0.4, 0.5) is 0 Å². The van der Waals surface area contributed by atoms with Crippen molar-refractivity contribution in [2.24, 2.45) is 0 Å². The molecule has 1 heterocycles. The van der Waals surface area contributed by atoms with Crippen LogP contribution in [0.25, 0.3) is 11.1 Å². The summed E-state index contributed by atoms with van der Waals surface area (Å²) in [5, 5.41) is 0. The maximum atomic E-state index is 4.49. The first-order valence-electron chi connectivity index (χ1n) is 6.13. The summed E-state index contributed by atoms with van der Waals surface area (Å²) in [6.45, 7) is 8.67. The summed E-state index contributed by atoms with van der Waals surface area (Å²) in [7, 11) is 0. The molecule has 2 aromatic rings. The lowest BCUT2D eigenvalue weighted by atomic mass is 9.97. The molecular formula is C16H17N. The molecule has 0 N–H and O–H groups in total. The van der Waals surface area contributed by atoms with Crippen molar-refractivity contribution in [2.75, 3.05) is 0 Å². The third-order valence-electron chi connectivity index (χ3n) is 3.91. The Balaban J connectivity index is 2.37. The highest BCUT2D eigenvalue weighted by molar-refractivity contribution is 5.81. The van der Waals surface area contributed by atoms with Gasteiger partial charge in [-0.2, -0.15) is 0 Å². The highest BCUT2D eigenvalue weighted by Gasteiger charge is 2.23. The first-order valence-corrected chi connectivity index (χ1v) is 6.13. The molecule has 86 valence electrons. The summed E-state index contributed by atoms with van der Waals surface area (Å²) in [6, 6.07) is 4.60. The van der Waals surface area contributed by atoms with Gasteiger partial charge in [0.25, 0.3) is 0 Å². The van der Waals surface area contributed by atoms with Gasteiger partial charge in [0.15, 0.2) is 0 Å². The van der Waals surface area contributed by atoms with Crippen LogP contribution >= 0.6 is 0 Å². The van der Waals surface area contributed by atoms with Crippen molar-refractivity contribution >= 4 is 0 Å². The van der Waals surface area contributed by atoms with Gasteiger partial charge in [-0.3, -0.25) is 4.98 Å². The van der Waals surface area contributed by atoms with Gasteiger partial charge < -0.3 is 0 Å². The molecule has 3 rings (SSSR count). The molecule has 0 amide bonds. The van der Waals surface area contributed by atoms with E-state index in [0.717, 1.165) is 12.1 Å². The van der Waals surface area contributed by atoms with Gasteiger partial charge in [0, 0.05) is 18.3 Å². The molecule has 0 spiro atoms. The van der Waals surface area contributed by atoms with Gasteiger partial charge in [0.2, 0.25) is 0 Å². The SMILES string of the molecule is Cc1cc(C)c2c(c1)-c1c(cnc(C)c1C)C2. The van der Waals surface area contributed by atoms with E-state index in [2.05, 4.69) is 44.8 Å². The van der Waals surface area contributed by atoms with Crippen molar-refractivity contribution in [2.45, 2.75) is 34.1 Å². The topological polar surface area (TPSA) is 12.9 Å². The average Bonchev–Trinajstić information content (AvgIpc) is 2.63. The van der Waals surface area contributed by atoms with E-state index < -0.39 is 0 Å². The predicted octanol–water partition coefficient (Wildman–Crippen LogP) is 3.89. The molecule has 0 saturated carbocycles. The summed E-state index contributed by atoms with van der Waals surface area (Å²) in [6.07, 6.45) is 3.09. The summed E-state index contributed by atoms with van der Waals surface area (Å²) in [4.78, 5) is 4.49. The largest absolute Gasteiger partial charge is 0.261 e. The van der Waals surface area contributed by atoms with E-state index >= 15 is 0 Å². The van der Waals surface area contributed by atoms with E-state index in [0.29, 0.717) is 0 Å². The summed E-state index contributed by atoms with van der Waals surface area (Å²) in [5.74, 6) is 0. The maximum absolute atomic E-state index is 4.49. The number of benzene rings is 1. The van der Waals surface area contributed by atoms with Crippen molar-refractivity contribution in [3.8, 4) is 11.1 Å². The second-order valence-electron chi connectivity index (χ2n) is 5.15. The van der Waals surface area contributed by atoms with E-state index in [1.807, 2.05) is 6.20 Å². The van der Waals surface area contributed by atoms with Crippen molar-refractivity contribution in [1.82, 2.24) is 4.98 Å². The van der Waals surface area contributed by atoms with Crippen LogP contribution in [0.5, 0.6) is 0 Å². The van der Waals surface area contributed by atoms with Gasteiger partial charge in [0.1, 0.15) is 0 Å². The molecule has 0 aliphatic heterocycles. The molecule has 0 saturated heterocycles. The maximum Gasteiger partial charge on any atom is 0.0408 e. The summed E-state index contributed by atoms with van der Waals surface area (Å²) < 4.78 is 0. The number of hydrogen-bond acceptors (Lipinski definition) is 1. The zero-order valence-electron chi connectivity index (χ0n) is 10.9. The number of fused-ring (bicyclic) bond motifs is 3. The molecule has 0 unspecified atom stereocenters. The van der Waals surface area contributed by atoms with Crippen LogP contribution in [0, 0.1) is 27.7 Å². The monoisotopic (exact) mass is 223 g/mol. The van der Waals surface area contributed by atoms with Crippen molar-refractivity contribution < 1.29 is 0 Å². The van der Waals surface area contributed by atoms with Gasteiger partial charge >= 0.3 is 0 Å². The van der Waals surface area contributed by atoms with Crippen LogP contribution in [0.1, 0.15) is 33.5 Å². The fourth-order valence-electron chi connectivity index (χ4n) is 2.91. The molecule has 1 nitrogen and oxygen atoms in total. The molecule has 1 aromatic carbocycles. The molecule has 1 aromatic heterocycles. The van der Waals surface area contributed by atoms with E-state index in [9.17, 15) is 0 Å². The molecule has 0 bridgehead atoms. The Morgan fingerprint density at radius 1 is 1.06 bits per heavy atom. The standard InChI is InChI=1S/C16H17N/c1-9-5-10(2)14-7-13-8-17-12(4)11(3)16(13)15(14)6-9/h5-6,8H,7H2,1-4H3. The Morgan fingerprint density at radius 2 is 1.82 bits per heavy atom. The van der Waals surface area contributed by atoms with E-state index in [4.69, 9.17) is 0 Å². The van der Waals surface area contributed by atoms with Crippen LogP contribution in [-0.2, 0) is 6.42 Å². The van der Waals surface area contributed by atoms with E-state index in [1.54, 1.807) is 0 Å². The quantitative estimate of drug-likeness (QED) is 0.563. The zero-order valence-corrected chi connectivity index (χ0v) is 10.9. The lowest BCUT2D eigenvalue weighted by Gasteiger charge is -2.09. The number of pyridine rings is 1. The van der Waals surface area contributed by atoms with Crippen molar-refractivity contribution in [1.29, 1.82) is 0 Å². The Hall–Kier alpha value is -1.63. The van der Waals surface area contributed by atoms with Gasteiger partial charge in [-0.15, -0.1) is 0 Å². The highest BCUT2D eigenvalue weighted by atomic mass is 14.7. The Kier molecular flexibility index (Phi) is 2.12. The molecule has 17 heavy (non-hydrogen) atoms. The normalized spacial score (nSPS) is 12.5. The first kappa shape index (κ1) is 10.5. The summed E-state index contributed by atoms with van der Waals surface area (Å²) >= 11 is 0.